The Morgan fingerprint density at radius 3 is 2.55 bits per heavy atom. The molecule has 29 heavy (non-hydrogen) atoms. The molecular formula is C23H36N2O4. The van der Waals surface area contributed by atoms with Gasteiger partial charge in [-0.1, -0.05) is 0 Å². The van der Waals surface area contributed by atoms with E-state index in [9.17, 15) is 5.11 Å². The minimum atomic E-state index is -0.461. The van der Waals surface area contributed by atoms with Gasteiger partial charge in [0.15, 0.2) is 11.5 Å². The summed E-state index contributed by atoms with van der Waals surface area (Å²) in [6.07, 6.45) is 2.33. The summed E-state index contributed by atoms with van der Waals surface area (Å²) in [7, 11) is 3.84. The minimum absolute atomic E-state index is 0.142. The molecule has 1 aromatic carbocycles. The molecule has 0 spiro atoms. The predicted molar refractivity (Wildman–Crippen MR) is 113 cm³/mol. The quantitative estimate of drug-likeness (QED) is 0.833. The largest absolute Gasteiger partial charge is 0.493 e. The van der Waals surface area contributed by atoms with Gasteiger partial charge in [0.1, 0.15) is 6.10 Å². The number of piperidine rings is 1. The zero-order valence-electron chi connectivity index (χ0n) is 18.5. The lowest BCUT2D eigenvalue weighted by Gasteiger charge is -2.46. The molecule has 162 valence electrons. The number of nitrogens with zero attached hydrogens (tertiary/aromatic N) is 2. The van der Waals surface area contributed by atoms with Crippen LogP contribution in [-0.2, 0) is 11.2 Å². The van der Waals surface area contributed by atoms with Crippen LogP contribution in [-0.4, -0.2) is 79.2 Å². The Labute approximate surface area is 174 Å². The highest BCUT2D eigenvalue weighted by Crippen LogP contribution is 2.43. The molecular weight excluding hydrogens is 368 g/mol. The lowest BCUT2D eigenvalue weighted by Crippen LogP contribution is -2.53. The third-order valence-corrected chi connectivity index (χ3v) is 6.35. The standard InChI is InChI=1S/C23H36N2O4/c1-23(2,3)29-22-14-25-9-6-15-10-21(28-16-7-8-24(4)13-16)20(27-5)11-17(15)18(25)12-19(22)26/h10-11,16,18-19,22,26H,6-9,12-14H2,1-5H3/t16?,18-,19-,22-/m1/s1. The Morgan fingerprint density at radius 1 is 1.10 bits per heavy atom. The van der Waals surface area contributed by atoms with E-state index in [0.717, 1.165) is 50.5 Å². The predicted octanol–water partition coefficient (Wildman–Crippen LogP) is 2.63. The summed E-state index contributed by atoms with van der Waals surface area (Å²) in [6, 6.07) is 4.51. The number of likely N-dealkylation sites (tertiary alicyclic amines) is 1. The van der Waals surface area contributed by atoms with Crippen molar-refractivity contribution in [2.24, 2.45) is 0 Å². The monoisotopic (exact) mass is 404 g/mol. The van der Waals surface area contributed by atoms with Gasteiger partial charge in [0.2, 0.25) is 0 Å². The molecule has 0 radical (unpaired) electrons. The molecule has 3 aliphatic rings. The maximum Gasteiger partial charge on any atom is 0.161 e. The molecule has 6 heteroatoms. The van der Waals surface area contributed by atoms with Crippen LogP contribution in [0.2, 0.25) is 0 Å². The van der Waals surface area contributed by atoms with Gasteiger partial charge < -0.3 is 24.2 Å². The summed E-state index contributed by atoms with van der Waals surface area (Å²) in [5.74, 6) is 1.65. The fourth-order valence-corrected chi connectivity index (χ4v) is 4.98. The molecule has 0 bridgehead atoms. The lowest BCUT2D eigenvalue weighted by molar-refractivity contribution is -0.149. The molecule has 3 heterocycles. The van der Waals surface area contributed by atoms with E-state index in [1.807, 2.05) is 20.8 Å². The SMILES string of the molecule is COc1cc2c(cc1OC1CCN(C)C1)CCN1C[C@@H](OC(C)(C)C)[C@H](O)C[C@H]21. The Bertz CT molecular complexity index is 732. The number of hydrogen-bond donors (Lipinski definition) is 1. The van der Waals surface area contributed by atoms with Crippen LogP contribution in [0.15, 0.2) is 12.1 Å². The van der Waals surface area contributed by atoms with Crippen molar-refractivity contribution in [2.45, 2.75) is 70.0 Å². The van der Waals surface area contributed by atoms with Crippen molar-refractivity contribution in [1.82, 2.24) is 9.80 Å². The normalized spacial score (nSPS) is 30.7. The van der Waals surface area contributed by atoms with Gasteiger partial charge >= 0.3 is 0 Å². The van der Waals surface area contributed by atoms with Gasteiger partial charge in [-0.2, -0.15) is 0 Å². The number of fused-ring (bicyclic) bond motifs is 3. The van der Waals surface area contributed by atoms with Gasteiger partial charge in [-0.05, 0) is 70.3 Å². The van der Waals surface area contributed by atoms with E-state index in [1.165, 1.54) is 11.1 Å². The maximum atomic E-state index is 10.8. The minimum Gasteiger partial charge on any atom is -0.493 e. The molecule has 2 saturated heterocycles. The number of ether oxygens (including phenoxy) is 3. The first kappa shape index (κ1) is 20.9. The van der Waals surface area contributed by atoms with E-state index in [2.05, 4.69) is 29.0 Å². The second-order valence-electron chi connectivity index (χ2n) is 9.83. The topological polar surface area (TPSA) is 54.4 Å². The van der Waals surface area contributed by atoms with Gasteiger partial charge in [-0.15, -0.1) is 0 Å². The Kier molecular flexibility index (Phi) is 5.81. The van der Waals surface area contributed by atoms with Gasteiger partial charge in [0.25, 0.3) is 0 Å². The zero-order chi connectivity index (χ0) is 20.8. The van der Waals surface area contributed by atoms with E-state index in [0.29, 0.717) is 6.42 Å². The fourth-order valence-electron chi connectivity index (χ4n) is 4.98. The highest BCUT2D eigenvalue weighted by molar-refractivity contribution is 5.50. The van der Waals surface area contributed by atoms with E-state index in [-0.39, 0.29) is 23.9 Å². The number of hydrogen-bond acceptors (Lipinski definition) is 6. The molecule has 4 rings (SSSR count). The molecule has 1 unspecified atom stereocenters. The van der Waals surface area contributed by atoms with Crippen LogP contribution >= 0.6 is 0 Å². The molecule has 1 N–H and O–H groups in total. The van der Waals surface area contributed by atoms with Crippen LogP contribution in [0.1, 0.15) is 50.8 Å². The van der Waals surface area contributed by atoms with E-state index in [1.54, 1.807) is 7.11 Å². The van der Waals surface area contributed by atoms with E-state index < -0.39 is 6.10 Å². The highest BCUT2D eigenvalue weighted by atomic mass is 16.5. The maximum absolute atomic E-state index is 10.8. The van der Waals surface area contributed by atoms with Crippen LogP contribution in [0.5, 0.6) is 11.5 Å². The summed E-state index contributed by atoms with van der Waals surface area (Å²) >= 11 is 0. The number of aliphatic hydroxyl groups excluding tert-OH is 1. The Balaban J connectivity index is 1.54. The summed E-state index contributed by atoms with van der Waals surface area (Å²) < 4.78 is 18.1. The molecule has 4 atom stereocenters. The highest BCUT2D eigenvalue weighted by Gasteiger charge is 2.40. The average Bonchev–Trinajstić information content (AvgIpc) is 3.05. The van der Waals surface area contributed by atoms with Crippen LogP contribution in [0.3, 0.4) is 0 Å². The number of methoxy groups -OCH3 is 1. The van der Waals surface area contributed by atoms with Crippen LogP contribution in [0.25, 0.3) is 0 Å². The number of benzene rings is 1. The first-order valence-corrected chi connectivity index (χ1v) is 10.9. The average molecular weight is 405 g/mol. The third-order valence-electron chi connectivity index (χ3n) is 6.35. The van der Waals surface area contributed by atoms with Crippen molar-refractivity contribution < 1.29 is 19.3 Å². The number of aliphatic hydroxyl groups is 1. The van der Waals surface area contributed by atoms with Gasteiger partial charge in [0, 0.05) is 32.2 Å². The summed E-state index contributed by atoms with van der Waals surface area (Å²) in [5, 5.41) is 10.8. The van der Waals surface area contributed by atoms with Gasteiger partial charge in [-0.25, -0.2) is 0 Å². The first-order chi connectivity index (χ1) is 13.7. The smallest absolute Gasteiger partial charge is 0.161 e. The van der Waals surface area contributed by atoms with Crippen molar-refractivity contribution in [3.05, 3.63) is 23.3 Å². The second-order valence-corrected chi connectivity index (χ2v) is 9.83. The molecule has 2 fully saturated rings. The van der Waals surface area contributed by atoms with Crippen molar-refractivity contribution in [3.63, 3.8) is 0 Å². The molecule has 0 amide bonds. The zero-order valence-corrected chi connectivity index (χ0v) is 18.5. The first-order valence-electron chi connectivity index (χ1n) is 10.9. The van der Waals surface area contributed by atoms with Crippen molar-refractivity contribution in [2.75, 3.05) is 40.3 Å². The lowest BCUT2D eigenvalue weighted by atomic mass is 9.84. The number of likely N-dealkylation sites (N-methyl/N-ethyl adjacent to an activating group) is 1. The fraction of sp³-hybridized carbons (Fsp3) is 0.739. The number of rotatable bonds is 4. The van der Waals surface area contributed by atoms with Crippen LogP contribution in [0, 0.1) is 0 Å². The molecule has 0 aliphatic carbocycles. The van der Waals surface area contributed by atoms with Crippen LogP contribution in [0.4, 0.5) is 0 Å². The molecule has 3 aliphatic heterocycles. The molecule has 6 nitrogen and oxygen atoms in total. The molecule has 0 aromatic heterocycles. The third kappa shape index (κ3) is 4.55. The van der Waals surface area contributed by atoms with Gasteiger partial charge in [0.05, 0.1) is 24.9 Å². The Hall–Kier alpha value is -1.34. The van der Waals surface area contributed by atoms with Gasteiger partial charge in [-0.3, -0.25) is 4.90 Å². The summed E-state index contributed by atoms with van der Waals surface area (Å²) in [4.78, 5) is 4.75. The van der Waals surface area contributed by atoms with Crippen LogP contribution < -0.4 is 9.47 Å². The van der Waals surface area contributed by atoms with Crippen molar-refractivity contribution in [3.8, 4) is 11.5 Å². The molecule has 0 saturated carbocycles. The van der Waals surface area contributed by atoms with Crippen molar-refractivity contribution in [1.29, 1.82) is 0 Å². The van der Waals surface area contributed by atoms with E-state index >= 15 is 0 Å². The molecule has 1 aromatic rings. The van der Waals surface area contributed by atoms with Crippen molar-refractivity contribution >= 4 is 0 Å². The Morgan fingerprint density at radius 2 is 1.90 bits per heavy atom. The second kappa shape index (κ2) is 8.06. The summed E-state index contributed by atoms with van der Waals surface area (Å²) in [6.45, 7) is 9.91. The summed E-state index contributed by atoms with van der Waals surface area (Å²) in [5.41, 5.74) is 2.32. The van der Waals surface area contributed by atoms with E-state index in [4.69, 9.17) is 14.2 Å².